The van der Waals surface area contributed by atoms with Crippen LogP contribution in [0.25, 0.3) is 11.2 Å². The predicted molar refractivity (Wildman–Crippen MR) is 243 cm³/mol. The number of imidazole rings is 1. The van der Waals surface area contributed by atoms with E-state index >= 15 is 0 Å². The molecule has 0 saturated carbocycles. The van der Waals surface area contributed by atoms with Crippen LogP contribution in [0.15, 0.2) is 134 Å². The Hall–Kier alpha value is -4.79. The van der Waals surface area contributed by atoms with E-state index in [1.54, 1.807) is 6.33 Å². The van der Waals surface area contributed by atoms with Gasteiger partial charge >= 0.3 is 0 Å². The van der Waals surface area contributed by atoms with Crippen LogP contribution in [0.5, 0.6) is 0 Å². The van der Waals surface area contributed by atoms with Crippen LogP contribution in [0.4, 0.5) is 5.82 Å². The van der Waals surface area contributed by atoms with Gasteiger partial charge in [0, 0.05) is 11.8 Å². The number of aromatic nitrogens is 4. The van der Waals surface area contributed by atoms with E-state index in [1.165, 1.54) is 27.1 Å². The Balaban J connectivity index is 1.37. The fourth-order valence-corrected chi connectivity index (χ4v) is 18.1. The Morgan fingerprint density at radius 1 is 0.712 bits per heavy atom. The summed E-state index contributed by atoms with van der Waals surface area (Å²) in [5, 5.41) is 7.26. The molecule has 0 bridgehead atoms. The van der Waals surface area contributed by atoms with Gasteiger partial charge in [0.1, 0.15) is 6.33 Å². The van der Waals surface area contributed by atoms with Crippen molar-refractivity contribution in [3.63, 3.8) is 0 Å². The maximum absolute atomic E-state index is 13.2. The first-order chi connectivity index (χ1) is 27.9. The quantitative estimate of drug-likeness (QED) is 0.132. The lowest BCUT2D eigenvalue weighted by atomic mass is 9.96. The second-order valence-electron chi connectivity index (χ2n) is 19.2. The molecule has 3 heterocycles. The highest BCUT2D eigenvalue weighted by Gasteiger charge is 2.57. The largest absolute Gasteiger partial charge is 0.404 e. The number of amides is 1. The summed E-state index contributed by atoms with van der Waals surface area (Å²) in [6.07, 6.45) is 2.66. The Morgan fingerprint density at radius 3 is 1.61 bits per heavy atom. The Morgan fingerprint density at radius 2 is 1.17 bits per heavy atom. The van der Waals surface area contributed by atoms with Crippen molar-refractivity contribution < 1.29 is 18.4 Å². The highest BCUT2D eigenvalue weighted by atomic mass is 28.4. The molecule has 1 fully saturated rings. The lowest BCUT2D eigenvalue weighted by molar-refractivity contribution is -0.123. The molecule has 1 aliphatic rings. The van der Waals surface area contributed by atoms with E-state index in [0.29, 0.717) is 30.0 Å². The molecule has 4 aromatic carbocycles. The zero-order chi connectivity index (χ0) is 42.3. The normalized spacial score (nSPS) is 19.2. The zero-order valence-electron chi connectivity index (χ0n) is 36.2. The molecule has 7 rings (SSSR count). The average molecular weight is 826 g/mol. The summed E-state index contributed by atoms with van der Waals surface area (Å²) >= 11 is 0. The van der Waals surface area contributed by atoms with Gasteiger partial charge in [0.25, 0.3) is 16.6 Å². The van der Waals surface area contributed by atoms with Crippen LogP contribution in [-0.4, -0.2) is 60.4 Å². The maximum atomic E-state index is 13.2. The number of anilines is 1. The van der Waals surface area contributed by atoms with E-state index in [2.05, 4.69) is 180 Å². The maximum Gasteiger partial charge on any atom is 0.261 e. The molecule has 308 valence electrons. The summed E-state index contributed by atoms with van der Waals surface area (Å²) in [6, 6.07) is 42.8. The third-order valence-corrected chi connectivity index (χ3v) is 21.7. The molecule has 1 aliphatic heterocycles. The summed E-state index contributed by atoms with van der Waals surface area (Å²) in [7, 11) is -6.01. The van der Waals surface area contributed by atoms with Gasteiger partial charge in [0.05, 0.1) is 24.6 Å². The molecular formula is C48H59N5O4Si2. The van der Waals surface area contributed by atoms with Gasteiger partial charge in [-0.2, -0.15) is 0 Å². The van der Waals surface area contributed by atoms with Crippen molar-refractivity contribution in [1.29, 1.82) is 0 Å². The first-order valence-electron chi connectivity index (χ1n) is 20.6. The van der Waals surface area contributed by atoms with Crippen molar-refractivity contribution in [1.82, 2.24) is 19.5 Å². The molecule has 1 N–H and O–H groups in total. The molecule has 1 saturated heterocycles. The van der Waals surface area contributed by atoms with Gasteiger partial charge in [-0.3, -0.25) is 9.36 Å². The minimum Gasteiger partial charge on any atom is -0.404 e. The molecule has 11 heteroatoms. The van der Waals surface area contributed by atoms with Crippen LogP contribution >= 0.6 is 0 Å². The number of ether oxygens (including phenoxy) is 1. The van der Waals surface area contributed by atoms with E-state index < -0.39 is 40.0 Å². The van der Waals surface area contributed by atoms with Crippen LogP contribution in [0, 0.1) is 5.41 Å². The van der Waals surface area contributed by atoms with Crippen LogP contribution in [0.1, 0.15) is 81.9 Å². The molecule has 2 aromatic heterocycles. The summed E-state index contributed by atoms with van der Waals surface area (Å²) in [5.41, 5.74) is -0.394. The molecule has 0 unspecified atom stereocenters. The van der Waals surface area contributed by atoms with Crippen molar-refractivity contribution in [3.05, 3.63) is 134 Å². The van der Waals surface area contributed by atoms with Gasteiger partial charge in [-0.1, -0.05) is 184 Å². The smallest absolute Gasteiger partial charge is 0.261 e. The van der Waals surface area contributed by atoms with Crippen molar-refractivity contribution in [2.45, 2.75) is 104 Å². The molecule has 59 heavy (non-hydrogen) atoms. The van der Waals surface area contributed by atoms with Crippen molar-refractivity contribution in [3.8, 4) is 0 Å². The van der Waals surface area contributed by atoms with Crippen molar-refractivity contribution in [2.75, 3.05) is 11.9 Å². The summed E-state index contributed by atoms with van der Waals surface area (Å²) in [5.74, 6) is 0.194. The Bertz CT molecular complexity index is 2280. The fraction of sp³-hybridized carbons (Fsp3) is 0.375. The van der Waals surface area contributed by atoms with Gasteiger partial charge in [0.2, 0.25) is 5.91 Å². The number of hydrogen-bond donors (Lipinski definition) is 1. The third-order valence-electron chi connectivity index (χ3n) is 11.7. The van der Waals surface area contributed by atoms with Crippen LogP contribution in [-0.2, 0) is 18.4 Å². The fourth-order valence-electron chi connectivity index (χ4n) is 8.74. The number of carbonyl (C=O) groups excluding carboxylic acids is 1. The predicted octanol–water partition coefficient (Wildman–Crippen LogP) is 8.01. The number of nitrogens with zero attached hydrogens (tertiary/aromatic N) is 4. The minimum atomic E-state index is -3.08. The Kier molecular flexibility index (Phi) is 11.5. The Labute approximate surface area is 351 Å². The van der Waals surface area contributed by atoms with Crippen LogP contribution in [0.3, 0.4) is 0 Å². The highest BCUT2D eigenvalue weighted by Crippen LogP contribution is 2.46. The summed E-state index contributed by atoms with van der Waals surface area (Å²) in [6.45, 7) is 21.8. The standard InChI is InChI=1S/C48H59N5O4Si2/c1-45(2,3)44(54)52-41-40-42(50-33-49-41)53(34-51-40)43-39(57-59(47(7,8)9,37-27-19-13-20-28-37)38-29-21-14-22-30-38)31-48(10,56-43)32-55-58(46(4,5)6,35-23-15-11-16-24-35)36-25-17-12-18-26-36/h11-30,33-34,39,43H,31-32H2,1-10H3,(H,49,50,52,54)/t39-,43-,48+/m1/s1. The van der Waals surface area contributed by atoms with E-state index in [-0.39, 0.29) is 16.0 Å². The van der Waals surface area contributed by atoms with Crippen LogP contribution < -0.4 is 26.1 Å². The molecule has 0 aliphatic carbocycles. The number of nitrogens with one attached hydrogen (secondary N) is 1. The van der Waals surface area contributed by atoms with Crippen molar-refractivity contribution >= 4 is 60.3 Å². The third kappa shape index (κ3) is 7.98. The SMILES string of the molecule is CC(C)(C)C(=O)Nc1ncnc2c1ncn2[C@@H]1O[C@](C)(CO[Si](c2ccccc2)(c2ccccc2)C(C)(C)C)C[C@H]1O[Si](c1ccccc1)(c1ccccc1)C(C)(C)C. The number of rotatable bonds is 11. The molecule has 0 spiro atoms. The van der Waals surface area contributed by atoms with Gasteiger partial charge in [-0.05, 0) is 37.7 Å². The first kappa shape index (κ1) is 42.3. The summed E-state index contributed by atoms with van der Waals surface area (Å²) < 4.78 is 24.8. The lowest BCUT2D eigenvalue weighted by Gasteiger charge is -2.45. The van der Waals surface area contributed by atoms with Gasteiger partial charge in [0.15, 0.2) is 23.2 Å². The molecule has 3 atom stereocenters. The van der Waals surface area contributed by atoms with Crippen molar-refractivity contribution in [2.24, 2.45) is 5.41 Å². The molecule has 0 radical (unpaired) electrons. The number of carbonyl (C=O) groups is 1. The van der Waals surface area contributed by atoms with Gasteiger partial charge < -0.3 is 18.9 Å². The van der Waals surface area contributed by atoms with Gasteiger partial charge in [-0.15, -0.1) is 0 Å². The van der Waals surface area contributed by atoms with E-state index in [1.807, 2.05) is 25.3 Å². The van der Waals surface area contributed by atoms with E-state index in [9.17, 15) is 4.79 Å². The lowest BCUT2D eigenvalue weighted by Crippen LogP contribution is -2.68. The average Bonchev–Trinajstić information content (AvgIpc) is 3.78. The second-order valence-corrected chi connectivity index (χ2v) is 27.7. The minimum absolute atomic E-state index is 0.162. The van der Waals surface area contributed by atoms with Gasteiger partial charge in [-0.25, -0.2) is 15.0 Å². The van der Waals surface area contributed by atoms with E-state index in [0.717, 1.165) is 0 Å². The molecule has 6 aromatic rings. The topological polar surface area (TPSA) is 100 Å². The van der Waals surface area contributed by atoms with Crippen LogP contribution in [0.2, 0.25) is 10.1 Å². The monoisotopic (exact) mass is 825 g/mol. The second kappa shape index (κ2) is 16.0. The van der Waals surface area contributed by atoms with E-state index in [4.69, 9.17) is 23.6 Å². The number of fused-ring (bicyclic) bond motifs is 1. The highest BCUT2D eigenvalue weighted by molar-refractivity contribution is 7.00. The summed E-state index contributed by atoms with van der Waals surface area (Å²) in [4.78, 5) is 27.2. The molecular weight excluding hydrogens is 767 g/mol. The zero-order valence-corrected chi connectivity index (χ0v) is 38.2. The first-order valence-corrected chi connectivity index (χ1v) is 24.4. The number of benzene rings is 4. The molecule has 1 amide bonds. The molecule has 9 nitrogen and oxygen atoms in total. The number of hydrogen-bond acceptors (Lipinski definition) is 7.